The Morgan fingerprint density at radius 3 is 2.67 bits per heavy atom. The Labute approximate surface area is 129 Å². The molecule has 5 nitrogen and oxygen atoms in total. The number of urea groups is 1. The molecule has 0 bridgehead atoms. The molecule has 2 atom stereocenters. The molecule has 2 amide bonds. The zero-order chi connectivity index (χ0) is 15.6. The molecular formula is C15H19ClN2O3. The molecule has 1 fully saturated rings. The topological polar surface area (TPSA) is 60.9 Å². The van der Waals surface area contributed by atoms with Crippen molar-refractivity contribution < 1.29 is 14.7 Å². The molecule has 1 aliphatic heterocycles. The molecule has 1 saturated heterocycles. The van der Waals surface area contributed by atoms with Gasteiger partial charge in [0.25, 0.3) is 0 Å². The zero-order valence-electron chi connectivity index (χ0n) is 12.1. The van der Waals surface area contributed by atoms with E-state index in [0.717, 1.165) is 5.56 Å². The monoisotopic (exact) mass is 310 g/mol. The number of carbonyl (C=O) groups excluding carboxylic acids is 1. The number of hydrogen-bond donors (Lipinski definition) is 1. The fourth-order valence-corrected chi connectivity index (χ4v) is 2.84. The molecular weight excluding hydrogens is 292 g/mol. The van der Waals surface area contributed by atoms with E-state index < -0.39 is 11.9 Å². The number of amides is 2. The van der Waals surface area contributed by atoms with Crippen molar-refractivity contribution in [3.8, 4) is 0 Å². The van der Waals surface area contributed by atoms with E-state index >= 15 is 0 Å². The summed E-state index contributed by atoms with van der Waals surface area (Å²) in [5.74, 6) is -1.30. The molecule has 114 valence electrons. The number of nitrogens with zero attached hydrogens (tertiary/aromatic N) is 2. The number of halogens is 1. The third-order valence-corrected chi connectivity index (χ3v) is 4.39. The van der Waals surface area contributed by atoms with Gasteiger partial charge in [0.2, 0.25) is 0 Å². The third-order valence-electron chi connectivity index (χ3n) is 4.05. The van der Waals surface area contributed by atoms with Crippen molar-refractivity contribution in [3.63, 3.8) is 0 Å². The van der Waals surface area contributed by atoms with Crippen LogP contribution >= 0.6 is 11.6 Å². The van der Waals surface area contributed by atoms with Gasteiger partial charge in [-0.2, -0.15) is 0 Å². The van der Waals surface area contributed by atoms with Crippen LogP contribution in [0.3, 0.4) is 0 Å². The summed E-state index contributed by atoms with van der Waals surface area (Å²) in [7, 11) is 1.71. The van der Waals surface area contributed by atoms with Crippen LogP contribution in [0, 0.1) is 5.92 Å². The lowest BCUT2D eigenvalue weighted by molar-refractivity contribution is -0.141. The van der Waals surface area contributed by atoms with Crippen molar-refractivity contribution >= 4 is 23.6 Å². The van der Waals surface area contributed by atoms with E-state index in [1.54, 1.807) is 22.9 Å². The Morgan fingerprint density at radius 2 is 2.10 bits per heavy atom. The van der Waals surface area contributed by atoms with Gasteiger partial charge in [-0.15, -0.1) is 0 Å². The molecule has 1 aromatic rings. The first-order chi connectivity index (χ1) is 9.91. The van der Waals surface area contributed by atoms with Crippen LogP contribution in [-0.2, 0) is 4.79 Å². The Bertz CT molecular complexity index is 549. The van der Waals surface area contributed by atoms with Gasteiger partial charge in [-0.05, 0) is 25.0 Å². The summed E-state index contributed by atoms with van der Waals surface area (Å²) in [6, 6.07) is 7.08. The lowest BCUT2D eigenvalue weighted by Crippen LogP contribution is -2.41. The normalized spacial score (nSPS) is 19.4. The minimum atomic E-state index is -0.841. The number of benzene rings is 1. The molecule has 0 aliphatic carbocycles. The van der Waals surface area contributed by atoms with E-state index in [1.807, 2.05) is 25.1 Å². The van der Waals surface area contributed by atoms with E-state index in [-0.39, 0.29) is 18.6 Å². The van der Waals surface area contributed by atoms with Crippen molar-refractivity contribution in [1.82, 2.24) is 9.80 Å². The smallest absolute Gasteiger partial charge is 0.320 e. The van der Waals surface area contributed by atoms with Gasteiger partial charge in [-0.3, -0.25) is 4.79 Å². The number of carboxylic acids is 1. The van der Waals surface area contributed by atoms with Crippen molar-refractivity contribution in [2.75, 3.05) is 20.1 Å². The van der Waals surface area contributed by atoms with Crippen LogP contribution in [0.2, 0.25) is 5.02 Å². The molecule has 0 spiro atoms. The largest absolute Gasteiger partial charge is 0.481 e. The van der Waals surface area contributed by atoms with Gasteiger partial charge in [0.15, 0.2) is 0 Å². The lowest BCUT2D eigenvalue weighted by Gasteiger charge is -2.30. The molecule has 2 rings (SSSR count). The van der Waals surface area contributed by atoms with Gasteiger partial charge in [-0.1, -0.05) is 29.8 Å². The second-order valence-corrected chi connectivity index (χ2v) is 5.77. The van der Waals surface area contributed by atoms with E-state index in [1.165, 1.54) is 0 Å². The van der Waals surface area contributed by atoms with Gasteiger partial charge in [0, 0.05) is 25.2 Å². The van der Waals surface area contributed by atoms with Crippen LogP contribution in [0.5, 0.6) is 0 Å². The highest BCUT2D eigenvalue weighted by atomic mass is 35.5. The number of hydrogen-bond acceptors (Lipinski definition) is 2. The van der Waals surface area contributed by atoms with Crippen LogP contribution in [-0.4, -0.2) is 47.0 Å². The predicted octanol–water partition coefficient (Wildman–Crippen LogP) is 2.86. The fraction of sp³-hybridized carbons (Fsp3) is 0.467. The van der Waals surface area contributed by atoms with Crippen molar-refractivity contribution in [2.24, 2.45) is 5.92 Å². The Balaban J connectivity index is 2.06. The maximum atomic E-state index is 12.5. The first-order valence-corrected chi connectivity index (χ1v) is 7.28. The average molecular weight is 311 g/mol. The third kappa shape index (κ3) is 3.29. The molecule has 6 heteroatoms. The average Bonchev–Trinajstić information content (AvgIpc) is 2.95. The fourth-order valence-electron chi connectivity index (χ4n) is 2.55. The summed E-state index contributed by atoms with van der Waals surface area (Å²) in [4.78, 5) is 26.6. The second-order valence-electron chi connectivity index (χ2n) is 5.36. The maximum Gasteiger partial charge on any atom is 0.320 e. The minimum absolute atomic E-state index is 0.161. The summed E-state index contributed by atoms with van der Waals surface area (Å²) in [5.41, 5.74) is 0.879. The number of carbonyl (C=O) groups is 2. The number of aliphatic carboxylic acids is 1. The molecule has 0 aromatic heterocycles. The number of likely N-dealkylation sites (tertiary alicyclic amines) is 1. The SMILES string of the molecule is CC(c1ccccc1Cl)N(C)C(=O)N1CCC(C(=O)O)C1. The molecule has 2 unspecified atom stereocenters. The van der Waals surface area contributed by atoms with Gasteiger partial charge in [0.1, 0.15) is 0 Å². The molecule has 1 N–H and O–H groups in total. The molecule has 21 heavy (non-hydrogen) atoms. The van der Waals surface area contributed by atoms with Gasteiger partial charge >= 0.3 is 12.0 Å². The maximum absolute atomic E-state index is 12.5. The van der Waals surface area contributed by atoms with Crippen LogP contribution in [0.15, 0.2) is 24.3 Å². The van der Waals surface area contributed by atoms with Crippen molar-refractivity contribution in [1.29, 1.82) is 0 Å². The molecule has 0 radical (unpaired) electrons. The minimum Gasteiger partial charge on any atom is -0.481 e. The van der Waals surface area contributed by atoms with Gasteiger partial charge in [-0.25, -0.2) is 4.79 Å². The first kappa shape index (κ1) is 15.6. The lowest BCUT2D eigenvalue weighted by atomic mass is 10.1. The highest BCUT2D eigenvalue weighted by Gasteiger charge is 2.33. The highest BCUT2D eigenvalue weighted by Crippen LogP contribution is 2.28. The Morgan fingerprint density at radius 1 is 1.43 bits per heavy atom. The standard InChI is InChI=1S/C15H19ClN2O3/c1-10(12-5-3-4-6-13(12)16)17(2)15(21)18-8-7-11(9-18)14(19)20/h3-6,10-11H,7-9H2,1-2H3,(H,19,20). The summed E-state index contributed by atoms with van der Waals surface area (Å²) in [5, 5.41) is 9.63. The predicted molar refractivity (Wildman–Crippen MR) is 80.3 cm³/mol. The van der Waals surface area contributed by atoms with Gasteiger partial charge < -0.3 is 14.9 Å². The van der Waals surface area contributed by atoms with Crippen LogP contribution in [0.1, 0.15) is 24.9 Å². The summed E-state index contributed by atoms with van der Waals surface area (Å²) < 4.78 is 0. The van der Waals surface area contributed by atoms with Crippen LogP contribution < -0.4 is 0 Å². The molecule has 1 aromatic carbocycles. The van der Waals surface area contributed by atoms with Gasteiger partial charge in [0.05, 0.1) is 12.0 Å². The molecule has 0 saturated carbocycles. The summed E-state index contributed by atoms with van der Waals surface area (Å²) in [6.45, 7) is 2.66. The number of rotatable bonds is 3. The quantitative estimate of drug-likeness (QED) is 0.934. The number of carboxylic acid groups (broad SMARTS) is 1. The Kier molecular flexibility index (Phi) is 4.73. The van der Waals surface area contributed by atoms with Crippen molar-refractivity contribution in [3.05, 3.63) is 34.9 Å². The Hall–Kier alpha value is -1.75. The molecule has 1 aliphatic rings. The summed E-state index contributed by atoms with van der Waals surface area (Å²) in [6.07, 6.45) is 0.509. The van der Waals surface area contributed by atoms with E-state index in [0.29, 0.717) is 18.0 Å². The highest BCUT2D eigenvalue weighted by molar-refractivity contribution is 6.31. The van der Waals surface area contributed by atoms with Crippen LogP contribution in [0.25, 0.3) is 0 Å². The van der Waals surface area contributed by atoms with Crippen molar-refractivity contribution in [2.45, 2.75) is 19.4 Å². The second kappa shape index (κ2) is 6.35. The van der Waals surface area contributed by atoms with E-state index in [4.69, 9.17) is 16.7 Å². The summed E-state index contributed by atoms with van der Waals surface area (Å²) >= 11 is 6.16. The first-order valence-electron chi connectivity index (χ1n) is 6.90. The zero-order valence-corrected chi connectivity index (χ0v) is 12.9. The van der Waals surface area contributed by atoms with Crippen LogP contribution in [0.4, 0.5) is 4.79 Å². The molecule has 1 heterocycles. The van der Waals surface area contributed by atoms with E-state index in [2.05, 4.69) is 0 Å². The van der Waals surface area contributed by atoms with E-state index in [9.17, 15) is 9.59 Å².